The number of nitrogens with zero attached hydrogens (tertiary/aromatic N) is 2. The Hall–Kier alpha value is -5.10. The molecule has 2 aliphatic heterocycles. The Morgan fingerprint density at radius 1 is 0.690 bits per heavy atom. The van der Waals surface area contributed by atoms with Gasteiger partial charge < -0.3 is 20.0 Å². The Morgan fingerprint density at radius 3 is 1.93 bits per heavy atom. The molecule has 6 nitrogen and oxygen atoms in total. The van der Waals surface area contributed by atoms with Crippen molar-refractivity contribution < 1.29 is 19.8 Å². The maximum absolute atomic E-state index is 13.5. The maximum atomic E-state index is 13.5. The third kappa shape index (κ3) is 5.44. The van der Waals surface area contributed by atoms with Crippen molar-refractivity contribution in [2.45, 2.75) is 24.9 Å². The second-order valence-electron chi connectivity index (χ2n) is 10.9. The summed E-state index contributed by atoms with van der Waals surface area (Å²) in [6, 6.07) is 28.6. The van der Waals surface area contributed by atoms with Gasteiger partial charge in [0.2, 0.25) is 11.8 Å². The number of rotatable bonds is 5. The summed E-state index contributed by atoms with van der Waals surface area (Å²) >= 11 is 0. The number of carbonyl (C=O) groups excluding carboxylic acids is 2. The Labute approximate surface area is 245 Å². The van der Waals surface area contributed by atoms with Crippen LogP contribution in [0.3, 0.4) is 0 Å². The predicted octanol–water partition coefficient (Wildman–Crippen LogP) is 5.95. The number of phenols is 2. The van der Waals surface area contributed by atoms with Gasteiger partial charge in [0, 0.05) is 44.1 Å². The van der Waals surface area contributed by atoms with Crippen LogP contribution in [-0.2, 0) is 22.7 Å². The molecule has 2 heterocycles. The van der Waals surface area contributed by atoms with E-state index in [9.17, 15) is 19.8 Å². The first-order chi connectivity index (χ1) is 20.4. The topological polar surface area (TPSA) is 81.1 Å². The van der Waals surface area contributed by atoms with Crippen molar-refractivity contribution in [3.63, 3.8) is 0 Å². The largest absolute Gasteiger partial charge is 0.508 e. The summed E-state index contributed by atoms with van der Waals surface area (Å²) in [6.45, 7) is 5.63. The highest BCUT2D eigenvalue weighted by atomic mass is 16.3. The molecule has 42 heavy (non-hydrogen) atoms. The first-order valence-corrected chi connectivity index (χ1v) is 14.1. The van der Waals surface area contributed by atoms with E-state index < -0.39 is 0 Å². The molecule has 2 aliphatic rings. The molecule has 0 bridgehead atoms. The fourth-order valence-electron chi connectivity index (χ4n) is 6.19. The fraction of sp³-hybridized carbons (Fsp3) is 0.167. The van der Waals surface area contributed by atoms with Gasteiger partial charge in [0.05, 0.1) is 0 Å². The normalized spacial score (nSPS) is 17.9. The molecule has 210 valence electrons. The zero-order valence-electron chi connectivity index (χ0n) is 23.2. The quantitative estimate of drug-likeness (QED) is 0.298. The summed E-state index contributed by atoms with van der Waals surface area (Å²) < 4.78 is 0. The van der Waals surface area contributed by atoms with E-state index in [1.807, 2.05) is 59.5 Å². The summed E-state index contributed by atoms with van der Waals surface area (Å²) in [5.74, 6) is 0.0338. The van der Waals surface area contributed by atoms with Crippen LogP contribution in [0, 0.1) is 0 Å². The highest BCUT2D eigenvalue weighted by Crippen LogP contribution is 2.37. The summed E-state index contributed by atoms with van der Waals surface area (Å²) in [5, 5.41) is 20.2. The van der Waals surface area contributed by atoms with Crippen molar-refractivity contribution in [3.05, 3.63) is 149 Å². The van der Waals surface area contributed by atoms with E-state index in [0.717, 1.165) is 33.4 Å². The fourth-order valence-corrected chi connectivity index (χ4v) is 6.19. The van der Waals surface area contributed by atoms with Crippen LogP contribution in [0.4, 0.5) is 0 Å². The molecule has 0 radical (unpaired) electrons. The van der Waals surface area contributed by atoms with Crippen molar-refractivity contribution in [3.8, 4) is 11.5 Å². The molecule has 2 atom stereocenters. The average molecular weight is 557 g/mol. The van der Waals surface area contributed by atoms with Crippen molar-refractivity contribution in [1.82, 2.24) is 9.80 Å². The van der Waals surface area contributed by atoms with Gasteiger partial charge in [0.25, 0.3) is 0 Å². The molecule has 0 fully saturated rings. The molecule has 0 saturated carbocycles. The Kier molecular flexibility index (Phi) is 7.36. The maximum Gasteiger partial charge on any atom is 0.246 e. The van der Waals surface area contributed by atoms with E-state index in [4.69, 9.17) is 0 Å². The first kappa shape index (κ1) is 27.1. The van der Waals surface area contributed by atoms with Gasteiger partial charge in [-0.15, -0.1) is 0 Å². The molecule has 4 aromatic rings. The third-order valence-corrected chi connectivity index (χ3v) is 8.26. The van der Waals surface area contributed by atoms with E-state index in [1.165, 1.54) is 11.6 Å². The van der Waals surface area contributed by atoms with Crippen molar-refractivity contribution >= 4 is 17.9 Å². The van der Waals surface area contributed by atoms with E-state index in [0.29, 0.717) is 26.2 Å². The summed E-state index contributed by atoms with van der Waals surface area (Å²) in [7, 11) is 0. The number of hydrogen-bond acceptors (Lipinski definition) is 4. The lowest BCUT2D eigenvalue weighted by atomic mass is 9.83. The van der Waals surface area contributed by atoms with Crippen LogP contribution in [0.2, 0.25) is 0 Å². The second-order valence-corrected chi connectivity index (χ2v) is 10.9. The lowest BCUT2D eigenvalue weighted by Crippen LogP contribution is -2.37. The molecule has 6 rings (SSSR count). The molecule has 4 aromatic carbocycles. The molecular formula is C36H32N2O4. The number of aromatic hydroxyl groups is 2. The van der Waals surface area contributed by atoms with E-state index in [1.54, 1.807) is 35.2 Å². The summed E-state index contributed by atoms with van der Waals surface area (Å²) in [4.78, 5) is 29.7. The number of benzene rings is 4. The SMILES string of the molecule is C=CC(=O)N1Cc2cc(/C=C/C(=O)N3Cc4ccccc4[C@@H](c4cccc(O)c4)C3)ccc2[C@H](c2cccc(O)c2)C1. The minimum absolute atomic E-state index is 0.0362. The zero-order valence-corrected chi connectivity index (χ0v) is 23.2. The summed E-state index contributed by atoms with van der Waals surface area (Å²) in [5.41, 5.74) is 7.13. The number of carbonyl (C=O) groups is 2. The lowest BCUT2D eigenvalue weighted by Gasteiger charge is -2.35. The standard InChI is InChI=1S/C36H32N2O4/c1-2-35(41)37-21-28-17-24(13-15-32(28)34(22-37)26-9-6-11-30(40)19-26)14-16-36(42)38-20-27-7-3-4-12-31(27)33(23-38)25-8-5-10-29(39)18-25/h2-19,33-34,39-40H,1,20-23H2/b16-14+/t33-,34+/m1/s1. The molecule has 6 heteroatoms. The molecule has 0 aromatic heterocycles. The number of phenolic OH excluding ortho intramolecular Hbond substituents is 2. The molecule has 0 unspecified atom stereocenters. The van der Waals surface area contributed by atoms with E-state index >= 15 is 0 Å². The van der Waals surface area contributed by atoms with Crippen LogP contribution < -0.4 is 0 Å². The van der Waals surface area contributed by atoms with Gasteiger partial charge in [0.1, 0.15) is 11.5 Å². The summed E-state index contributed by atoms with van der Waals surface area (Å²) in [6.07, 6.45) is 4.76. The molecule has 0 spiro atoms. The van der Waals surface area contributed by atoms with Crippen molar-refractivity contribution in [2.24, 2.45) is 0 Å². The number of fused-ring (bicyclic) bond motifs is 2. The molecular weight excluding hydrogens is 524 g/mol. The van der Waals surface area contributed by atoms with Crippen molar-refractivity contribution in [2.75, 3.05) is 13.1 Å². The minimum Gasteiger partial charge on any atom is -0.508 e. The first-order valence-electron chi connectivity index (χ1n) is 14.1. The van der Waals surface area contributed by atoms with E-state index in [2.05, 4.69) is 24.8 Å². The van der Waals surface area contributed by atoms with Crippen LogP contribution in [0.1, 0.15) is 50.8 Å². The highest BCUT2D eigenvalue weighted by Gasteiger charge is 2.30. The van der Waals surface area contributed by atoms with Crippen LogP contribution in [0.5, 0.6) is 11.5 Å². The smallest absolute Gasteiger partial charge is 0.246 e. The van der Waals surface area contributed by atoms with Crippen LogP contribution >= 0.6 is 0 Å². The highest BCUT2D eigenvalue weighted by molar-refractivity contribution is 5.92. The Bertz CT molecular complexity index is 1710. The third-order valence-electron chi connectivity index (χ3n) is 8.26. The monoisotopic (exact) mass is 556 g/mol. The minimum atomic E-state index is -0.145. The van der Waals surface area contributed by atoms with Gasteiger partial charge in [-0.05, 0) is 81.4 Å². The van der Waals surface area contributed by atoms with E-state index in [-0.39, 0.29) is 35.1 Å². The van der Waals surface area contributed by atoms with Gasteiger partial charge in [-0.1, -0.05) is 67.2 Å². The number of hydrogen-bond donors (Lipinski definition) is 2. The van der Waals surface area contributed by atoms with Gasteiger partial charge in [-0.2, -0.15) is 0 Å². The lowest BCUT2D eigenvalue weighted by molar-refractivity contribution is -0.127. The molecule has 0 saturated heterocycles. The Morgan fingerprint density at radius 2 is 1.29 bits per heavy atom. The predicted molar refractivity (Wildman–Crippen MR) is 163 cm³/mol. The van der Waals surface area contributed by atoms with Crippen LogP contribution in [0.15, 0.2) is 110 Å². The van der Waals surface area contributed by atoms with Gasteiger partial charge >= 0.3 is 0 Å². The second kappa shape index (κ2) is 11.4. The molecule has 0 aliphatic carbocycles. The van der Waals surface area contributed by atoms with Gasteiger partial charge in [-0.25, -0.2) is 0 Å². The molecule has 2 amide bonds. The van der Waals surface area contributed by atoms with Crippen LogP contribution in [0.25, 0.3) is 6.08 Å². The molecule has 2 N–H and O–H groups in total. The number of amides is 2. The zero-order chi connectivity index (χ0) is 29.2. The van der Waals surface area contributed by atoms with Gasteiger partial charge in [0.15, 0.2) is 0 Å². The van der Waals surface area contributed by atoms with Crippen LogP contribution in [-0.4, -0.2) is 44.9 Å². The average Bonchev–Trinajstić information content (AvgIpc) is 3.02. The van der Waals surface area contributed by atoms with Crippen molar-refractivity contribution in [1.29, 1.82) is 0 Å². The Balaban J connectivity index is 1.26. The van der Waals surface area contributed by atoms with Gasteiger partial charge in [-0.3, -0.25) is 9.59 Å².